The van der Waals surface area contributed by atoms with Crippen LogP contribution in [-0.2, 0) is 11.3 Å². The highest BCUT2D eigenvalue weighted by Crippen LogP contribution is 2.24. The number of nitrogens with zero attached hydrogens (tertiary/aromatic N) is 4. The van der Waals surface area contributed by atoms with Crippen molar-refractivity contribution in [3.63, 3.8) is 0 Å². The van der Waals surface area contributed by atoms with Crippen molar-refractivity contribution in [2.75, 3.05) is 5.32 Å². The number of aromatic nitrogens is 4. The van der Waals surface area contributed by atoms with Gasteiger partial charge in [-0.25, -0.2) is 4.98 Å². The second-order valence-electron chi connectivity index (χ2n) is 8.08. The van der Waals surface area contributed by atoms with Gasteiger partial charge in [-0.3, -0.25) is 4.79 Å². The quantitative estimate of drug-likeness (QED) is 0.268. The third-order valence-corrected chi connectivity index (χ3v) is 5.88. The minimum atomic E-state index is -0.288. The highest BCUT2D eigenvalue weighted by Gasteiger charge is 2.18. The molecule has 2 heterocycles. The molecular weight excluding hydrogens is 481 g/mol. The molecule has 0 spiro atoms. The number of carbonyl (C=O) groups is 1. The summed E-state index contributed by atoms with van der Waals surface area (Å²) in [5.41, 5.74) is 4.39. The minimum absolute atomic E-state index is 0.288. The van der Waals surface area contributed by atoms with Gasteiger partial charge in [0.15, 0.2) is 0 Å². The number of rotatable bonds is 6. The van der Waals surface area contributed by atoms with Gasteiger partial charge in [0, 0.05) is 22.2 Å². The fourth-order valence-corrected chi connectivity index (χ4v) is 4.30. The molecule has 0 bridgehead atoms. The van der Waals surface area contributed by atoms with Crippen molar-refractivity contribution >= 4 is 52.0 Å². The lowest BCUT2D eigenvalue weighted by molar-refractivity contribution is -0.111. The molecule has 0 saturated carbocycles. The Morgan fingerprint density at radius 2 is 1.74 bits per heavy atom. The number of halogens is 2. The molecule has 1 amide bonds. The number of fused-ring (bicyclic) bond motifs is 1. The predicted molar refractivity (Wildman–Crippen MR) is 141 cm³/mol. The third kappa shape index (κ3) is 5.14. The largest absolute Gasteiger partial charge is 0.307 e. The fourth-order valence-electron chi connectivity index (χ4n) is 3.89. The molecule has 0 aliphatic carbocycles. The van der Waals surface area contributed by atoms with E-state index in [4.69, 9.17) is 28.2 Å². The maximum Gasteiger partial charge on any atom is 0.249 e. The van der Waals surface area contributed by atoms with E-state index in [1.807, 2.05) is 73.7 Å². The molecule has 0 aliphatic rings. The summed E-state index contributed by atoms with van der Waals surface area (Å²) < 4.78 is 3.72. The molecule has 8 heteroatoms. The lowest BCUT2D eigenvalue weighted by Gasteiger charge is -2.12. The Morgan fingerprint density at radius 3 is 2.54 bits per heavy atom. The first-order valence-corrected chi connectivity index (χ1v) is 11.7. The zero-order valence-electron chi connectivity index (χ0n) is 18.8. The molecule has 0 unspecified atom stereocenters. The normalized spacial score (nSPS) is 11.4. The van der Waals surface area contributed by atoms with Crippen LogP contribution < -0.4 is 5.32 Å². The first-order chi connectivity index (χ1) is 17.0. The van der Waals surface area contributed by atoms with Crippen molar-refractivity contribution in [3.8, 4) is 5.95 Å². The van der Waals surface area contributed by atoms with Crippen molar-refractivity contribution in [1.82, 2.24) is 19.3 Å². The molecule has 0 radical (unpaired) electrons. The van der Waals surface area contributed by atoms with Crippen LogP contribution in [0.25, 0.3) is 23.1 Å². The Labute approximate surface area is 212 Å². The third-order valence-electron chi connectivity index (χ3n) is 5.41. The van der Waals surface area contributed by atoms with E-state index in [1.165, 1.54) is 6.08 Å². The van der Waals surface area contributed by atoms with E-state index in [0.717, 1.165) is 27.9 Å². The van der Waals surface area contributed by atoms with Crippen molar-refractivity contribution in [1.29, 1.82) is 0 Å². The lowest BCUT2D eigenvalue weighted by Crippen LogP contribution is -2.15. The number of anilines is 1. The van der Waals surface area contributed by atoms with E-state index in [9.17, 15) is 4.79 Å². The molecule has 0 aliphatic heterocycles. The molecule has 2 aromatic heterocycles. The maximum absolute atomic E-state index is 12.7. The second kappa shape index (κ2) is 9.78. The average molecular weight is 502 g/mol. The minimum Gasteiger partial charge on any atom is -0.307 e. The van der Waals surface area contributed by atoms with Gasteiger partial charge in [0.1, 0.15) is 5.82 Å². The summed E-state index contributed by atoms with van der Waals surface area (Å²) in [7, 11) is 0. The maximum atomic E-state index is 12.7. The summed E-state index contributed by atoms with van der Waals surface area (Å²) in [5.74, 6) is 0.822. The van der Waals surface area contributed by atoms with Crippen LogP contribution in [0.15, 0.2) is 84.9 Å². The van der Waals surface area contributed by atoms with Gasteiger partial charge in [-0.15, -0.1) is 0 Å². The Morgan fingerprint density at radius 1 is 0.971 bits per heavy atom. The second-order valence-corrected chi connectivity index (χ2v) is 8.95. The summed E-state index contributed by atoms with van der Waals surface area (Å²) >= 11 is 12.3. The van der Waals surface area contributed by atoms with Crippen LogP contribution in [0.1, 0.15) is 16.8 Å². The van der Waals surface area contributed by atoms with E-state index in [0.29, 0.717) is 28.4 Å². The van der Waals surface area contributed by atoms with Gasteiger partial charge < -0.3 is 9.88 Å². The summed E-state index contributed by atoms with van der Waals surface area (Å²) in [5, 5.41) is 8.84. The van der Waals surface area contributed by atoms with Crippen LogP contribution in [-0.4, -0.2) is 25.2 Å². The molecule has 0 atom stereocenters. The Hall–Kier alpha value is -3.87. The topological polar surface area (TPSA) is 64.7 Å². The van der Waals surface area contributed by atoms with E-state index >= 15 is 0 Å². The molecule has 0 saturated heterocycles. The Bertz CT molecular complexity index is 1570. The van der Waals surface area contributed by atoms with Gasteiger partial charge in [0.25, 0.3) is 0 Å². The molecular formula is C27H21Cl2N5O. The van der Waals surface area contributed by atoms with E-state index < -0.39 is 0 Å². The number of para-hydroxylation sites is 2. The van der Waals surface area contributed by atoms with Crippen LogP contribution in [0, 0.1) is 6.92 Å². The number of aryl methyl sites for hydroxylation is 1. The molecule has 3 aromatic carbocycles. The molecule has 0 fully saturated rings. The van der Waals surface area contributed by atoms with Crippen LogP contribution >= 0.6 is 23.2 Å². The lowest BCUT2D eigenvalue weighted by atomic mass is 10.2. The fraction of sp³-hybridized carbons (Fsp3) is 0.0741. The summed E-state index contributed by atoms with van der Waals surface area (Å²) in [6.07, 6.45) is 3.18. The molecule has 35 heavy (non-hydrogen) atoms. The highest BCUT2D eigenvalue weighted by molar-refractivity contribution is 6.31. The number of nitrogens with one attached hydrogen (secondary N) is 1. The van der Waals surface area contributed by atoms with Gasteiger partial charge >= 0.3 is 0 Å². The number of benzene rings is 3. The van der Waals surface area contributed by atoms with Gasteiger partial charge in [0.2, 0.25) is 11.9 Å². The van der Waals surface area contributed by atoms with E-state index in [-0.39, 0.29) is 5.91 Å². The van der Waals surface area contributed by atoms with Gasteiger partial charge in [-0.1, -0.05) is 59.6 Å². The van der Waals surface area contributed by atoms with Crippen molar-refractivity contribution < 1.29 is 4.79 Å². The van der Waals surface area contributed by atoms with E-state index in [1.54, 1.807) is 22.9 Å². The average Bonchev–Trinajstić information content (AvgIpc) is 3.37. The van der Waals surface area contributed by atoms with Crippen molar-refractivity contribution in [3.05, 3.63) is 112 Å². The zero-order valence-corrected chi connectivity index (χ0v) is 20.3. The summed E-state index contributed by atoms with van der Waals surface area (Å²) in [4.78, 5) is 17.6. The Balaban J connectivity index is 1.50. The van der Waals surface area contributed by atoms with Crippen LogP contribution in [0.2, 0.25) is 10.0 Å². The van der Waals surface area contributed by atoms with Gasteiger partial charge in [-0.2, -0.15) is 9.78 Å². The Kier molecular flexibility index (Phi) is 6.40. The summed E-state index contributed by atoms with van der Waals surface area (Å²) in [6, 6.07) is 24.7. The number of amides is 1. The number of hydrogen-bond donors (Lipinski definition) is 1. The number of imidazole rings is 1. The monoisotopic (exact) mass is 501 g/mol. The van der Waals surface area contributed by atoms with Gasteiger partial charge in [0.05, 0.1) is 23.3 Å². The zero-order chi connectivity index (χ0) is 24.4. The van der Waals surface area contributed by atoms with Crippen molar-refractivity contribution in [2.24, 2.45) is 0 Å². The highest BCUT2D eigenvalue weighted by atomic mass is 35.5. The molecule has 1 N–H and O–H groups in total. The smallest absolute Gasteiger partial charge is 0.249 e. The first-order valence-electron chi connectivity index (χ1n) is 11.0. The number of carbonyl (C=O) groups excluding carboxylic acids is 1. The molecule has 5 aromatic rings. The molecule has 5 rings (SSSR count). The molecule has 174 valence electrons. The standard InChI is InChI=1S/C27H21Cl2N5O/c1-18-14-25(31-26(35)13-12-19-6-4-8-21(28)15-19)34(32-18)27-30-23-10-2-3-11-24(23)33(27)17-20-7-5-9-22(29)16-20/h2-16H,17H2,1H3,(H,31,35). The molecule has 6 nitrogen and oxygen atoms in total. The van der Waals surface area contributed by atoms with Crippen molar-refractivity contribution in [2.45, 2.75) is 13.5 Å². The van der Waals surface area contributed by atoms with Gasteiger partial charge in [-0.05, 0) is 60.5 Å². The number of hydrogen-bond acceptors (Lipinski definition) is 3. The van der Waals surface area contributed by atoms with Crippen LogP contribution in [0.4, 0.5) is 5.82 Å². The van der Waals surface area contributed by atoms with Crippen LogP contribution in [0.5, 0.6) is 0 Å². The SMILES string of the molecule is Cc1cc(NC(=O)C=Cc2cccc(Cl)c2)n(-c2nc3ccccc3n2Cc2cccc(Cl)c2)n1. The predicted octanol–water partition coefficient (Wildman–Crippen LogP) is 6.54. The van der Waals surface area contributed by atoms with E-state index in [2.05, 4.69) is 15.0 Å². The van der Waals surface area contributed by atoms with Crippen LogP contribution in [0.3, 0.4) is 0 Å². The first kappa shape index (κ1) is 22.9. The summed E-state index contributed by atoms with van der Waals surface area (Å²) in [6.45, 7) is 2.41.